The molecule has 0 spiro atoms. The number of hydrogen-bond acceptors (Lipinski definition) is 8. The maximum atomic E-state index is 13.3. The summed E-state index contributed by atoms with van der Waals surface area (Å²) in [5.41, 5.74) is 2.35. The van der Waals surface area contributed by atoms with Gasteiger partial charge in [-0.3, -0.25) is 0 Å². The molecule has 146 valence electrons. The molecule has 0 unspecified atom stereocenters. The molecule has 0 bridgehead atoms. The zero-order valence-electron chi connectivity index (χ0n) is 15.4. The first-order valence-electron chi connectivity index (χ1n) is 8.79. The average Bonchev–Trinajstić information content (AvgIpc) is 3.17. The van der Waals surface area contributed by atoms with Gasteiger partial charge in [-0.05, 0) is 37.3 Å². The molecular formula is C19H16FN7O2. The second kappa shape index (κ2) is 8.48. The molecule has 0 radical (unpaired) electrons. The fourth-order valence-electron chi connectivity index (χ4n) is 2.59. The third-order valence-corrected chi connectivity index (χ3v) is 3.90. The van der Waals surface area contributed by atoms with E-state index in [1.807, 2.05) is 6.92 Å². The van der Waals surface area contributed by atoms with Gasteiger partial charge in [-0.2, -0.15) is 4.98 Å². The van der Waals surface area contributed by atoms with Crippen LogP contribution in [0.1, 0.15) is 6.92 Å². The number of rotatable bonds is 7. The summed E-state index contributed by atoms with van der Waals surface area (Å²) in [5.74, 6) is -0.0172. The van der Waals surface area contributed by atoms with Gasteiger partial charge in [0.2, 0.25) is 5.88 Å². The van der Waals surface area contributed by atoms with E-state index in [0.717, 1.165) is 0 Å². The van der Waals surface area contributed by atoms with Crippen LogP contribution in [-0.2, 0) is 11.5 Å². The van der Waals surface area contributed by atoms with Crippen LogP contribution in [0.5, 0.6) is 11.9 Å². The maximum Gasteiger partial charge on any atom is 0.323 e. The van der Waals surface area contributed by atoms with E-state index in [1.54, 1.807) is 41.3 Å². The summed E-state index contributed by atoms with van der Waals surface area (Å²) in [7, 11) is 0. The predicted molar refractivity (Wildman–Crippen MR) is 100 cm³/mol. The van der Waals surface area contributed by atoms with Crippen molar-refractivity contribution in [1.82, 2.24) is 34.9 Å². The van der Waals surface area contributed by atoms with E-state index in [-0.39, 0.29) is 18.6 Å². The minimum atomic E-state index is -0.334. The van der Waals surface area contributed by atoms with E-state index in [4.69, 9.17) is 9.47 Å². The molecule has 3 heterocycles. The highest BCUT2D eigenvalue weighted by Gasteiger charge is 2.19. The van der Waals surface area contributed by atoms with E-state index in [9.17, 15) is 4.39 Å². The second-order valence-electron chi connectivity index (χ2n) is 5.79. The lowest BCUT2D eigenvalue weighted by Gasteiger charge is -2.09. The number of benzene rings is 1. The smallest absolute Gasteiger partial charge is 0.323 e. The van der Waals surface area contributed by atoms with Crippen LogP contribution in [0.4, 0.5) is 4.39 Å². The van der Waals surface area contributed by atoms with Crippen molar-refractivity contribution in [2.24, 2.45) is 0 Å². The van der Waals surface area contributed by atoms with E-state index in [2.05, 4.69) is 30.2 Å². The predicted octanol–water partition coefficient (Wildman–Crippen LogP) is 3.12. The number of halogens is 1. The third kappa shape index (κ3) is 4.22. The molecule has 0 saturated carbocycles. The van der Waals surface area contributed by atoms with Crippen molar-refractivity contribution < 1.29 is 13.9 Å². The van der Waals surface area contributed by atoms with Gasteiger partial charge in [0, 0.05) is 30.6 Å². The van der Waals surface area contributed by atoms with E-state index < -0.39 is 0 Å². The Labute approximate surface area is 165 Å². The maximum absolute atomic E-state index is 13.3. The van der Waals surface area contributed by atoms with Crippen LogP contribution in [0.15, 0.2) is 55.1 Å². The van der Waals surface area contributed by atoms with Crippen LogP contribution in [0, 0.1) is 5.82 Å². The number of ether oxygens (including phenoxy) is 2. The van der Waals surface area contributed by atoms with Gasteiger partial charge in [-0.1, -0.05) is 5.21 Å². The lowest BCUT2D eigenvalue weighted by Crippen LogP contribution is -2.07. The van der Waals surface area contributed by atoms with Crippen LogP contribution in [0.25, 0.3) is 22.6 Å². The van der Waals surface area contributed by atoms with Crippen molar-refractivity contribution in [3.05, 3.63) is 60.9 Å². The Balaban J connectivity index is 1.75. The fourth-order valence-corrected chi connectivity index (χ4v) is 2.59. The SMILES string of the molecule is CCOCn1nnc(-c2ccc(F)cc2)c1-c1ccnc(Oc2ccncn2)n1. The molecule has 10 heteroatoms. The minimum absolute atomic E-state index is 0.107. The van der Waals surface area contributed by atoms with Crippen molar-refractivity contribution in [2.75, 3.05) is 6.61 Å². The highest BCUT2D eigenvalue weighted by molar-refractivity contribution is 5.76. The first-order chi connectivity index (χ1) is 14.2. The standard InChI is InChI=1S/C19H16FN7O2/c1-2-28-12-27-18(17(25-26-27)13-3-5-14(20)6-4-13)15-7-10-22-19(24-15)29-16-8-9-21-11-23-16/h3-11H,2,12H2,1H3. The lowest BCUT2D eigenvalue weighted by molar-refractivity contribution is 0.0790. The highest BCUT2D eigenvalue weighted by Crippen LogP contribution is 2.30. The van der Waals surface area contributed by atoms with E-state index in [0.29, 0.717) is 35.1 Å². The third-order valence-electron chi connectivity index (χ3n) is 3.90. The van der Waals surface area contributed by atoms with Crippen LogP contribution in [0.3, 0.4) is 0 Å². The summed E-state index contributed by atoms with van der Waals surface area (Å²) in [5, 5.41) is 8.42. The zero-order chi connectivity index (χ0) is 20.1. The molecule has 1 aromatic carbocycles. The van der Waals surface area contributed by atoms with Gasteiger partial charge in [-0.25, -0.2) is 24.0 Å². The van der Waals surface area contributed by atoms with Crippen LogP contribution < -0.4 is 4.74 Å². The zero-order valence-corrected chi connectivity index (χ0v) is 15.4. The Hall–Kier alpha value is -3.79. The molecule has 0 aliphatic rings. The fraction of sp³-hybridized carbons (Fsp3) is 0.158. The van der Waals surface area contributed by atoms with E-state index in [1.165, 1.54) is 18.5 Å². The van der Waals surface area contributed by atoms with Crippen molar-refractivity contribution in [2.45, 2.75) is 13.7 Å². The molecule has 0 atom stereocenters. The number of nitrogens with zero attached hydrogens (tertiary/aromatic N) is 7. The first kappa shape index (κ1) is 18.6. The van der Waals surface area contributed by atoms with Gasteiger partial charge in [0.15, 0.2) is 0 Å². The Bertz CT molecular complexity index is 1090. The molecule has 3 aromatic heterocycles. The highest BCUT2D eigenvalue weighted by atomic mass is 19.1. The summed E-state index contributed by atoms with van der Waals surface area (Å²) >= 11 is 0. The van der Waals surface area contributed by atoms with Gasteiger partial charge in [0.1, 0.15) is 30.3 Å². The molecule has 0 aliphatic carbocycles. The molecule has 4 aromatic rings. The second-order valence-corrected chi connectivity index (χ2v) is 5.79. The molecule has 0 aliphatic heterocycles. The molecule has 0 saturated heterocycles. The summed E-state index contributed by atoms with van der Waals surface area (Å²) in [6.45, 7) is 2.58. The molecule has 0 fully saturated rings. The van der Waals surface area contributed by atoms with Gasteiger partial charge in [0.05, 0.1) is 5.69 Å². The normalized spacial score (nSPS) is 10.8. The molecule has 29 heavy (non-hydrogen) atoms. The lowest BCUT2D eigenvalue weighted by atomic mass is 10.1. The topological polar surface area (TPSA) is 101 Å². The molecule has 9 nitrogen and oxygen atoms in total. The van der Waals surface area contributed by atoms with Crippen molar-refractivity contribution in [3.8, 4) is 34.5 Å². The molecular weight excluding hydrogens is 377 g/mol. The Kier molecular flexibility index (Phi) is 5.43. The largest absolute Gasteiger partial charge is 0.405 e. The van der Waals surface area contributed by atoms with Gasteiger partial charge in [0.25, 0.3) is 0 Å². The minimum Gasteiger partial charge on any atom is -0.405 e. The van der Waals surface area contributed by atoms with Crippen molar-refractivity contribution >= 4 is 0 Å². The van der Waals surface area contributed by atoms with Crippen LogP contribution >= 0.6 is 0 Å². The van der Waals surface area contributed by atoms with E-state index >= 15 is 0 Å². The van der Waals surface area contributed by atoms with Gasteiger partial charge < -0.3 is 9.47 Å². The monoisotopic (exact) mass is 393 g/mol. The average molecular weight is 393 g/mol. The number of hydrogen-bond donors (Lipinski definition) is 0. The summed E-state index contributed by atoms with van der Waals surface area (Å²) in [6, 6.07) is 9.41. The first-order valence-corrected chi connectivity index (χ1v) is 8.79. The Morgan fingerprint density at radius 3 is 2.66 bits per heavy atom. The Morgan fingerprint density at radius 1 is 1.03 bits per heavy atom. The number of aromatic nitrogens is 7. The van der Waals surface area contributed by atoms with Gasteiger partial charge in [-0.15, -0.1) is 5.10 Å². The van der Waals surface area contributed by atoms with Crippen LogP contribution in [0.2, 0.25) is 0 Å². The molecule has 4 rings (SSSR count). The molecule has 0 N–H and O–H groups in total. The summed E-state index contributed by atoms with van der Waals surface area (Å²) in [4.78, 5) is 16.4. The Morgan fingerprint density at radius 2 is 1.90 bits per heavy atom. The van der Waals surface area contributed by atoms with Crippen molar-refractivity contribution in [1.29, 1.82) is 0 Å². The van der Waals surface area contributed by atoms with Crippen LogP contribution in [-0.4, -0.2) is 41.5 Å². The quantitative estimate of drug-likeness (QED) is 0.472. The summed E-state index contributed by atoms with van der Waals surface area (Å²) in [6.07, 6.45) is 4.48. The van der Waals surface area contributed by atoms with Crippen molar-refractivity contribution in [3.63, 3.8) is 0 Å². The molecule has 0 amide bonds. The summed E-state index contributed by atoms with van der Waals surface area (Å²) < 4.78 is 26.0. The van der Waals surface area contributed by atoms with Gasteiger partial charge >= 0.3 is 6.01 Å².